The molecule has 0 unspecified atom stereocenters. The van der Waals surface area contributed by atoms with Crippen molar-refractivity contribution in [2.24, 2.45) is 11.5 Å². The van der Waals surface area contributed by atoms with Crippen molar-refractivity contribution < 1.29 is 0 Å². The molecule has 8 heteroatoms. The fourth-order valence-electron chi connectivity index (χ4n) is 4.14. The number of rotatable bonds is 19. The molecule has 8 nitrogen and oxygen atoms in total. The molecule has 0 aliphatic heterocycles. The smallest absolute Gasteiger partial charge is 0.231 e. The van der Waals surface area contributed by atoms with E-state index in [2.05, 4.69) is 81.2 Å². The van der Waals surface area contributed by atoms with Crippen LogP contribution in [0.4, 0.5) is 17.8 Å². The lowest BCUT2D eigenvalue weighted by Crippen LogP contribution is -2.31. The van der Waals surface area contributed by atoms with Crippen molar-refractivity contribution >= 4 is 17.8 Å². The summed E-state index contributed by atoms with van der Waals surface area (Å²) in [5.74, 6) is 1.90. The van der Waals surface area contributed by atoms with E-state index in [1.54, 1.807) is 0 Å². The van der Waals surface area contributed by atoms with Gasteiger partial charge < -0.3 is 27.0 Å². The maximum Gasteiger partial charge on any atom is 0.231 e. The highest BCUT2D eigenvalue weighted by atomic mass is 15.3. The van der Waals surface area contributed by atoms with Crippen LogP contribution < -0.4 is 27.0 Å². The summed E-state index contributed by atoms with van der Waals surface area (Å²) in [6.45, 7) is 4.49. The fraction of sp³-hybridized carbons (Fsp3) is 0.483. The number of anilines is 3. The predicted octanol–water partition coefficient (Wildman–Crippen LogP) is 4.25. The Morgan fingerprint density at radius 1 is 0.568 bits per heavy atom. The van der Waals surface area contributed by atoms with E-state index < -0.39 is 0 Å². The third-order valence-electron chi connectivity index (χ3n) is 6.21. The lowest BCUT2D eigenvalue weighted by atomic mass is 10.1. The second-order valence-electron chi connectivity index (χ2n) is 9.29. The van der Waals surface area contributed by atoms with Crippen LogP contribution in [0.1, 0.15) is 49.7 Å². The summed E-state index contributed by atoms with van der Waals surface area (Å²) >= 11 is 0. The minimum atomic E-state index is 0.613. The van der Waals surface area contributed by atoms with Crippen molar-refractivity contribution in [3.8, 4) is 0 Å². The van der Waals surface area contributed by atoms with Crippen molar-refractivity contribution in [1.29, 1.82) is 0 Å². The molecule has 0 saturated carbocycles. The Bertz CT molecular complexity index is 908. The van der Waals surface area contributed by atoms with Crippen LogP contribution in [0.3, 0.4) is 0 Å². The van der Waals surface area contributed by atoms with Gasteiger partial charge in [0.05, 0.1) is 0 Å². The second-order valence-corrected chi connectivity index (χ2v) is 9.29. The van der Waals surface area contributed by atoms with Gasteiger partial charge in [0.2, 0.25) is 17.8 Å². The van der Waals surface area contributed by atoms with E-state index in [-0.39, 0.29) is 0 Å². The van der Waals surface area contributed by atoms with Gasteiger partial charge in [0.15, 0.2) is 0 Å². The van der Waals surface area contributed by atoms with Crippen LogP contribution in [-0.4, -0.2) is 54.2 Å². The van der Waals surface area contributed by atoms with Crippen LogP contribution >= 0.6 is 0 Å². The maximum atomic E-state index is 5.79. The number of nitrogens with one attached hydrogen (secondary N) is 2. The summed E-state index contributed by atoms with van der Waals surface area (Å²) in [4.78, 5) is 16.3. The van der Waals surface area contributed by atoms with Gasteiger partial charge in [-0.15, -0.1) is 0 Å². The quantitative estimate of drug-likeness (QED) is 0.179. The van der Waals surface area contributed by atoms with E-state index in [1.807, 2.05) is 0 Å². The molecule has 0 fully saturated rings. The van der Waals surface area contributed by atoms with Gasteiger partial charge in [-0.2, -0.15) is 15.0 Å². The molecule has 0 atom stereocenters. The number of nitrogens with two attached hydrogens (primary N) is 2. The monoisotopic (exact) mass is 504 g/mol. The number of aromatic nitrogens is 3. The van der Waals surface area contributed by atoms with Crippen molar-refractivity contribution in [2.45, 2.75) is 51.4 Å². The molecular formula is C29H44N8. The first-order chi connectivity index (χ1) is 18.3. The molecule has 3 aromatic rings. The molecule has 0 spiro atoms. The van der Waals surface area contributed by atoms with E-state index >= 15 is 0 Å². The lowest BCUT2D eigenvalue weighted by molar-refractivity contribution is 0.682. The first-order valence-electron chi connectivity index (χ1n) is 13.7. The Morgan fingerprint density at radius 2 is 1.03 bits per heavy atom. The van der Waals surface area contributed by atoms with Gasteiger partial charge in [-0.05, 0) is 75.6 Å². The Balaban J connectivity index is 1.57. The van der Waals surface area contributed by atoms with Gasteiger partial charge >= 0.3 is 0 Å². The normalized spacial score (nSPS) is 10.9. The molecule has 0 aliphatic rings. The largest absolute Gasteiger partial charge is 0.354 e. The molecular weight excluding hydrogens is 460 g/mol. The molecule has 37 heavy (non-hydrogen) atoms. The molecule has 1 aromatic heterocycles. The Kier molecular flexibility index (Phi) is 13.2. The molecule has 6 N–H and O–H groups in total. The maximum absolute atomic E-state index is 5.79. The number of hydrogen-bond acceptors (Lipinski definition) is 8. The summed E-state index contributed by atoms with van der Waals surface area (Å²) < 4.78 is 0. The van der Waals surface area contributed by atoms with Crippen LogP contribution in [0.2, 0.25) is 0 Å². The Hall–Kier alpha value is -3.23. The Morgan fingerprint density at radius 3 is 1.46 bits per heavy atom. The standard InChI is InChI=1S/C29H44N8/c30-19-11-23-37(24-12-20-31)29-35-27(32-21-9-7-17-25-13-3-1-4-14-25)34-28(36-29)33-22-10-8-18-26-15-5-2-6-16-26/h1-6,13-16H,7-12,17-24,30-31H2,(H2,32,33,34,35,36). The zero-order chi connectivity index (χ0) is 26.0. The number of nitrogens with zero attached hydrogens (tertiary/aromatic N) is 4. The number of benzene rings is 2. The topological polar surface area (TPSA) is 118 Å². The van der Waals surface area contributed by atoms with E-state index in [0.717, 1.165) is 77.5 Å². The zero-order valence-electron chi connectivity index (χ0n) is 22.1. The third-order valence-corrected chi connectivity index (χ3v) is 6.21. The molecule has 2 aromatic carbocycles. The second kappa shape index (κ2) is 17.3. The van der Waals surface area contributed by atoms with E-state index in [0.29, 0.717) is 30.9 Å². The first kappa shape index (κ1) is 28.3. The third kappa shape index (κ3) is 11.1. The van der Waals surface area contributed by atoms with Crippen molar-refractivity contribution in [2.75, 3.05) is 54.8 Å². The highest BCUT2D eigenvalue weighted by Crippen LogP contribution is 2.16. The van der Waals surface area contributed by atoms with Crippen LogP contribution in [0.25, 0.3) is 0 Å². The fourth-order valence-corrected chi connectivity index (χ4v) is 4.14. The van der Waals surface area contributed by atoms with Gasteiger partial charge in [0.1, 0.15) is 0 Å². The number of hydrogen-bond donors (Lipinski definition) is 4. The molecule has 1 heterocycles. The molecule has 0 amide bonds. The van der Waals surface area contributed by atoms with Crippen molar-refractivity contribution in [1.82, 2.24) is 15.0 Å². The molecule has 200 valence electrons. The van der Waals surface area contributed by atoms with E-state index in [9.17, 15) is 0 Å². The number of unbranched alkanes of at least 4 members (excludes halogenated alkanes) is 2. The van der Waals surface area contributed by atoms with Gasteiger partial charge in [-0.3, -0.25) is 0 Å². The van der Waals surface area contributed by atoms with E-state index in [4.69, 9.17) is 21.4 Å². The van der Waals surface area contributed by atoms with Gasteiger partial charge in [-0.25, -0.2) is 0 Å². The highest BCUT2D eigenvalue weighted by Gasteiger charge is 2.13. The average Bonchev–Trinajstić information content (AvgIpc) is 2.94. The summed E-state index contributed by atoms with van der Waals surface area (Å²) in [5.41, 5.74) is 14.3. The molecule has 0 bridgehead atoms. The molecule has 0 aliphatic carbocycles. The number of aryl methyl sites for hydroxylation is 2. The van der Waals surface area contributed by atoms with Crippen molar-refractivity contribution in [3.05, 3.63) is 71.8 Å². The minimum Gasteiger partial charge on any atom is -0.354 e. The lowest BCUT2D eigenvalue weighted by Gasteiger charge is -2.23. The van der Waals surface area contributed by atoms with E-state index in [1.165, 1.54) is 11.1 Å². The summed E-state index contributed by atoms with van der Waals surface area (Å²) in [5, 5.41) is 6.85. The Labute approximate surface area is 222 Å². The summed E-state index contributed by atoms with van der Waals surface area (Å²) in [6.07, 6.45) is 8.21. The van der Waals surface area contributed by atoms with Gasteiger partial charge in [0.25, 0.3) is 0 Å². The minimum absolute atomic E-state index is 0.613. The highest BCUT2D eigenvalue weighted by molar-refractivity contribution is 5.44. The molecule has 3 rings (SSSR count). The van der Waals surface area contributed by atoms with Crippen LogP contribution in [0, 0.1) is 0 Å². The predicted molar refractivity (Wildman–Crippen MR) is 155 cm³/mol. The summed E-state index contributed by atoms with van der Waals surface area (Å²) in [7, 11) is 0. The summed E-state index contributed by atoms with van der Waals surface area (Å²) in [6, 6.07) is 21.2. The average molecular weight is 505 g/mol. The van der Waals surface area contributed by atoms with Gasteiger partial charge in [0, 0.05) is 26.2 Å². The zero-order valence-corrected chi connectivity index (χ0v) is 22.1. The van der Waals surface area contributed by atoms with Crippen LogP contribution in [-0.2, 0) is 12.8 Å². The SMILES string of the molecule is NCCCN(CCCN)c1nc(NCCCCc2ccccc2)nc(NCCCCc2ccccc2)n1. The van der Waals surface area contributed by atoms with Crippen molar-refractivity contribution in [3.63, 3.8) is 0 Å². The molecule has 0 radical (unpaired) electrons. The van der Waals surface area contributed by atoms with Crippen LogP contribution in [0.5, 0.6) is 0 Å². The first-order valence-corrected chi connectivity index (χ1v) is 13.7. The van der Waals surface area contributed by atoms with Gasteiger partial charge in [-0.1, -0.05) is 60.7 Å². The molecule has 0 saturated heterocycles. The van der Waals surface area contributed by atoms with Crippen LogP contribution in [0.15, 0.2) is 60.7 Å².